The second-order valence-electron chi connectivity index (χ2n) is 5.07. The molecule has 0 aliphatic rings. The second-order valence-corrected chi connectivity index (χ2v) is 5.07. The second kappa shape index (κ2) is 7.81. The van der Waals surface area contributed by atoms with E-state index in [1.165, 1.54) is 0 Å². The monoisotopic (exact) mass is 308 g/mol. The van der Waals surface area contributed by atoms with Crippen molar-refractivity contribution in [3.63, 3.8) is 0 Å². The lowest BCUT2D eigenvalue weighted by atomic mass is 10.0. The maximum Gasteiger partial charge on any atom is 0.237 e. The molecule has 1 amide bonds. The van der Waals surface area contributed by atoms with Gasteiger partial charge in [-0.25, -0.2) is 4.68 Å². The van der Waals surface area contributed by atoms with Gasteiger partial charge in [-0.3, -0.25) is 4.79 Å². The van der Waals surface area contributed by atoms with Gasteiger partial charge >= 0.3 is 0 Å². The van der Waals surface area contributed by atoms with Gasteiger partial charge in [0.1, 0.15) is 0 Å². The van der Waals surface area contributed by atoms with Crippen molar-refractivity contribution in [2.75, 3.05) is 0 Å². The third-order valence-electron chi connectivity index (χ3n) is 3.22. The number of carbonyl (C=O) groups is 1. The standard InChI is InChI=1S/C15H20N4O.ClH/c1-11(2)14(16)15(20)17-10-12-6-3-4-7-13(12)19-9-5-8-18-19;/h3-9,11,14H,10,16H2,1-2H3,(H,17,20);1H/t14-;/m1./s1. The lowest BCUT2D eigenvalue weighted by Crippen LogP contribution is -2.43. The molecule has 0 spiro atoms. The summed E-state index contributed by atoms with van der Waals surface area (Å²) in [5.41, 5.74) is 7.78. The molecule has 21 heavy (non-hydrogen) atoms. The molecule has 5 nitrogen and oxygen atoms in total. The average Bonchev–Trinajstić information content (AvgIpc) is 2.98. The topological polar surface area (TPSA) is 72.9 Å². The lowest BCUT2D eigenvalue weighted by molar-refractivity contribution is -0.123. The Kier molecular flexibility index (Phi) is 6.39. The summed E-state index contributed by atoms with van der Waals surface area (Å²) in [6.45, 7) is 4.30. The molecule has 3 N–H and O–H groups in total. The van der Waals surface area contributed by atoms with E-state index in [4.69, 9.17) is 5.73 Å². The van der Waals surface area contributed by atoms with Gasteiger partial charge in [0.25, 0.3) is 0 Å². The SMILES string of the molecule is CC(C)[C@@H](N)C(=O)NCc1ccccc1-n1cccn1.Cl. The van der Waals surface area contributed by atoms with Gasteiger partial charge in [0.15, 0.2) is 0 Å². The van der Waals surface area contributed by atoms with Crippen LogP contribution in [-0.4, -0.2) is 21.7 Å². The summed E-state index contributed by atoms with van der Waals surface area (Å²) in [6.07, 6.45) is 3.60. The first-order valence-corrected chi connectivity index (χ1v) is 6.71. The number of aromatic nitrogens is 2. The minimum Gasteiger partial charge on any atom is -0.351 e. The predicted molar refractivity (Wildman–Crippen MR) is 85.5 cm³/mol. The van der Waals surface area contributed by atoms with Crippen LogP contribution in [0.1, 0.15) is 19.4 Å². The molecule has 1 atom stereocenters. The van der Waals surface area contributed by atoms with Crippen LogP contribution in [0.4, 0.5) is 0 Å². The fourth-order valence-electron chi connectivity index (χ4n) is 1.90. The third-order valence-corrected chi connectivity index (χ3v) is 3.22. The van der Waals surface area contributed by atoms with E-state index in [9.17, 15) is 4.79 Å². The van der Waals surface area contributed by atoms with E-state index in [2.05, 4.69) is 10.4 Å². The number of nitrogens with zero attached hydrogens (tertiary/aromatic N) is 2. The van der Waals surface area contributed by atoms with Crippen molar-refractivity contribution in [2.45, 2.75) is 26.4 Å². The van der Waals surface area contributed by atoms with Crippen LogP contribution in [0.15, 0.2) is 42.7 Å². The molecular weight excluding hydrogens is 288 g/mol. The van der Waals surface area contributed by atoms with Gasteiger partial charge in [-0.1, -0.05) is 32.0 Å². The minimum atomic E-state index is -0.480. The number of rotatable bonds is 5. The van der Waals surface area contributed by atoms with Crippen molar-refractivity contribution < 1.29 is 4.79 Å². The number of amides is 1. The van der Waals surface area contributed by atoms with Gasteiger partial charge in [0, 0.05) is 18.9 Å². The highest BCUT2D eigenvalue weighted by molar-refractivity contribution is 5.85. The molecule has 114 valence electrons. The molecule has 0 aliphatic carbocycles. The summed E-state index contributed by atoms with van der Waals surface area (Å²) in [6, 6.07) is 9.21. The Balaban J connectivity index is 0.00000220. The van der Waals surface area contributed by atoms with Crippen LogP contribution >= 0.6 is 12.4 Å². The van der Waals surface area contributed by atoms with E-state index in [1.54, 1.807) is 10.9 Å². The van der Waals surface area contributed by atoms with Crippen molar-refractivity contribution in [1.82, 2.24) is 15.1 Å². The van der Waals surface area contributed by atoms with Crippen LogP contribution in [0.2, 0.25) is 0 Å². The molecule has 0 fully saturated rings. The zero-order valence-corrected chi connectivity index (χ0v) is 13.0. The fourth-order valence-corrected chi connectivity index (χ4v) is 1.90. The van der Waals surface area contributed by atoms with Crippen LogP contribution < -0.4 is 11.1 Å². The summed E-state index contributed by atoms with van der Waals surface area (Å²) < 4.78 is 1.78. The Morgan fingerprint density at radius 3 is 2.67 bits per heavy atom. The number of hydrogen-bond donors (Lipinski definition) is 2. The molecule has 0 radical (unpaired) electrons. The van der Waals surface area contributed by atoms with Gasteiger partial charge < -0.3 is 11.1 Å². The van der Waals surface area contributed by atoms with Crippen LogP contribution in [0.5, 0.6) is 0 Å². The van der Waals surface area contributed by atoms with Gasteiger partial charge in [-0.05, 0) is 23.6 Å². The number of hydrogen-bond acceptors (Lipinski definition) is 3. The van der Waals surface area contributed by atoms with Gasteiger partial charge in [-0.15, -0.1) is 12.4 Å². The predicted octanol–water partition coefficient (Wildman–Crippen LogP) is 1.89. The van der Waals surface area contributed by atoms with E-state index in [0.717, 1.165) is 11.3 Å². The van der Waals surface area contributed by atoms with Gasteiger partial charge in [0.05, 0.1) is 11.7 Å². The number of carbonyl (C=O) groups excluding carboxylic acids is 1. The van der Waals surface area contributed by atoms with E-state index in [-0.39, 0.29) is 24.2 Å². The van der Waals surface area contributed by atoms with Crippen LogP contribution in [0.25, 0.3) is 5.69 Å². The number of nitrogens with one attached hydrogen (secondary N) is 1. The molecule has 6 heteroatoms. The van der Waals surface area contributed by atoms with E-state index >= 15 is 0 Å². The van der Waals surface area contributed by atoms with Crippen molar-refractivity contribution in [3.05, 3.63) is 48.3 Å². The number of benzene rings is 1. The van der Waals surface area contributed by atoms with Crippen LogP contribution in [-0.2, 0) is 11.3 Å². The van der Waals surface area contributed by atoms with Gasteiger partial charge in [0.2, 0.25) is 5.91 Å². The summed E-state index contributed by atoms with van der Waals surface area (Å²) in [7, 11) is 0. The first-order valence-electron chi connectivity index (χ1n) is 6.71. The molecule has 1 aromatic carbocycles. The molecule has 0 aliphatic heterocycles. The summed E-state index contributed by atoms with van der Waals surface area (Å²) in [5, 5.41) is 7.09. The molecule has 1 aromatic heterocycles. The molecule has 0 unspecified atom stereocenters. The highest BCUT2D eigenvalue weighted by Crippen LogP contribution is 2.13. The zero-order chi connectivity index (χ0) is 14.5. The van der Waals surface area contributed by atoms with E-state index in [1.807, 2.05) is 50.4 Å². The summed E-state index contributed by atoms with van der Waals surface area (Å²) in [4.78, 5) is 11.9. The maximum absolute atomic E-state index is 11.9. The maximum atomic E-state index is 11.9. The first-order chi connectivity index (χ1) is 9.59. The molecule has 0 saturated heterocycles. The molecule has 2 rings (SSSR count). The van der Waals surface area contributed by atoms with Crippen molar-refractivity contribution in [3.8, 4) is 5.69 Å². The van der Waals surface area contributed by atoms with Crippen LogP contribution in [0, 0.1) is 5.92 Å². The van der Waals surface area contributed by atoms with Crippen molar-refractivity contribution in [1.29, 1.82) is 0 Å². The lowest BCUT2D eigenvalue weighted by Gasteiger charge is -2.16. The van der Waals surface area contributed by atoms with Crippen molar-refractivity contribution in [2.24, 2.45) is 11.7 Å². The molecule has 0 bridgehead atoms. The molecule has 1 heterocycles. The summed E-state index contributed by atoms with van der Waals surface area (Å²) >= 11 is 0. The Bertz CT molecular complexity index is 569. The highest BCUT2D eigenvalue weighted by atomic mass is 35.5. The average molecular weight is 309 g/mol. The number of nitrogens with two attached hydrogens (primary N) is 1. The summed E-state index contributed by atoms with van der Waals surface area (Å²) in [5.74, 6) is -0.00775. The third kappa shape index (κ3) is 4.31. The molecule has 2 aromatic rings. The van der Waals surface area contributed by atoms with Crippen molar-refractivity contribution >= 4 is 18.3 Å². The number of halogens is 1. The largest absolute Gasteiger partial charge is 0.351 e. The zero-order valence-electron chi connectivity index (χ0n) is 12.2. The van der Waals surface area contributed by atoms with Gasteiger partial charge in [-0.2, -0.15) is 5.10 Å². The Hall–Kier alpha value is -1.85. The Labute approximate surface area is 130 Å². The van der Waals surface area contributed by atoms with E-state index < -0.39 is 6.04 Å². The first kappa shape index (κ1) is 17.2. The Morgan fingerprint density at radius 1 is 1.33 bits per heavy atom. The normalized spacial score (nSPS) is 11.8. The molecular formula is C15H21ClN4O. The highest BCUT2D eigenvalue weighted by Gasteiger charge is 2.17. The van der Waals surface area contributed by atoms with E-state index in [0.29, 0.717) is 6.54 Å². The fraction of sp³-hybridized carbons (Fsp3) is 0.333. The number of para-hydroxylation sites is 1. The van der Waals surface area contributed by atoms with Crippen LogP contribution in [0.3, 0.4) is 0 Å². The molecule has 0 saturated carbocycles. The smallest absolute Gasteiger partial charge is 0.237 e. The quantitative estimate of drug-likeness (QED) is 0.886. The Morgan fingerprint density at radius 2 is 2.05 bits per heavy atom. The minimum absolute atomic E-state index is 0.